The largest absolute Gasteiger partial charge is 0.370 e. The normalized spacial score (nSPS) is 14.3. The summed E-state index contributed by atoms with van der Waals surface area (Å²) < 4.78 is 1.83. The third-order valence-corrected chi connectivity index (χ3v) is 5.44. The van der Waals surface area contributed by atoms with Crippen LogP contribution < -0.4 is 10.2 Å². The molecule has 7 heteroatoms. The number of para-hydroxylation sites is 2. The maximum absolute atomic E-state index is 12.8. The van der Waals surface area contributed by atoms with Crippen LogP contribution in [0.15, 0.2) is 30.3 Å². The number of carbonyl (C=O) groups is 1. The van der Waals surface area contributed by atoms with Gasteiger partial charge in [0.05, 0.1) is 22.8 Å². The first-order chi connectivity index (χ1) is 13.5. The Labute approximate surface area is 164 Å². The maximum Gasteiger partial charge on any atom is 0.273 e. The zero-order chi connectivity index (χ0) is 19.7. The molecule has 146 valence electrons. The molecule has 0 radical (unpaired) electrons. The van der Waals surface area contributed by atoms with E-state index in [4.69, 9.17) is 0 Å². The van der Waals surface area contributed by atoms with Gasteiger partial charge in [-0.25, -0.2) is 0 Å². The Morgan fingerprint density at radius 3 is 2.61 bits per heavy atom. The number of hydrogen-bond donors (Lipinski definition) is 2. The summed E-state index contributed by atoms with van der Waals surface area (Å²) in [5.41, 5.74) is 5.96. The monoisotopic (exact) mass is 378 g/mol. The average molecular weight is 378 g/mol. The molecule has 2 aromatic heterocycles. The van der Waals surface area contributed by atoms with Gasteiger partial charge in [0.2, 0.25) is 0 Å². The SMILES string of the molecule is Cc1nn(C)c(C)c1-c1cc(C(=O)Nc2ccccc2N2CCCCC2)[nH]n1. The van der Waals surface area contributed by atoms with E-state index >= 15 is 0 Å². The number of hydrogen-bond acceptors (Lipinski definition) is 4. The van der Waals surface area contributed by atoms with E-state index in [0.717, 1.165) is 47.1 Å². The van der Waals surface area contributed by atoms with Crippen molar-refractivity contribution in [3.63, 3.8) is 0 Å². The molecule has 1 fully saturated rings. The highest BCUT2D eigenvalue weighted by atomic mass is 16.1. The second-order valence-electron chi connectivity index (χ2n) is 7.36. The zero-order valence-corrected chi connectivity index (χ0v) is 16.6. The molecule has 0 spiro atoms. The quantitative estimate of drug-likeness (QED) is 0.726. The van der Waals surface area contributed by atoms with Gasteiger partial charge >= 0.3 is 0 Å². The lowest BCUT2D eigenvalue weighted by Gasteiger charge is -2.30. The van der Waals surface area contributed by atoms with E-state index in [1.807, 2.05) is 43.8 Å². The van der Waals surface area contributed by atoms with Crippen LogP contribution in [0.2, 0.25) is 0 Å². The first-order valence-electron chi connectivity index (χ1n) is 9.76. The van der Waals surface area contributed by atoms with E-state index in [1.54, 1.807) is 6.07 Å². The number of aryl methyl sites for hydroxylation is 2. The number of rotatable bonds is 4. The molecule has 1 aliphatic heterocycles. The maximum atomic E-state index is 12.8. The van der Waals surface area contributed by atoms with Crippen molar-refractivity contribution in [3.05, 3.63) is 47.4 Å². The molecular weight excluding hydrogens is 352 g/mol. The number of piperidine rings is 1. The predicted molar refractivity (Wildman–Crippen MR) is 111 cm³/mol. The van der Waals surface area contributed by atoms with Crippen molar-refractivity contribution in [2.24, 2.45) is 7.05 Å². The molecule has 4 rings (SSSR count). The number of benzene rings is 1. The van der Waals surface area contributed by atoms with Crippen LogP contribution in [0.25, 0.3) is 11.3 Å². The van der Waals surface area contributed by atoms with Gasteiger partial charge in [-0.15, -0.1) is 0 Å². The summed E-state index contributed by atoms with van der Waals surface area (Å²) in [7, 11) is 1.91. The molecule has 0 bridgehead atoms. The molecule has 1 amide bonds. The van der Waals surface area contributed by atoms with Gasteiger partial charge in [0.25, 0.3) is 5.91 Å². The minimum atomic E-state index is -0.192. The second-order valence-corrected chi connectivity index (χ2v) is 7.36. The lowest BCUT2D eigenvalue weighted by Crippen LogP contribution is -2.30. The van der Waals surface area contributed by atoms with Crippen molar-refractivity contribution in [1.29, 1.82) is 0 Å². The standard InChI is InChI=1S/C21H26N6O/c1-14-20(15(2)26(3)25-14)17-13-18(24-23-17)21(28)22-16-9-5-6-10-19(16)27-11-7-4-8-12-27/h5-6,9-10,13H,4,7-8,11-12H2,1-3H3,(H,22,28)(H,23,24). The molecule has 2 N–H and O–H groups in total. The van der Waals surface area contributed by atoms with Gasteiger partial charge in [-0.3, -0.25) is 14.6 Å². The van der Waals surface area contributed by atoms with Gasteiger partial charge in [0.15, 0.2) is 0 Å². The summed E-state index contributed by atoms with van der Waals surface area (Å²) in [4.78, 5) is 15.2. The molecule has 28 heavy (non-hydrogen) atoms. The highest BCUT2D eigenvalue weighted by Crippen LogP contribution is 2.29. The smallest absolute Gasteiger partial charge is 0.273 e. The number of nitrogens with one attached hydrogen (secondary N) is 2. The number of amides is 1. The van der Waals surface area contributed by atoms with Crippen molar-refractivity contribution in [2.45, 2.75) is 33.1 Å². The minimum absolute atomic E-state index is 0.192. The Hall–Kier alpha value is -3.09. The van der Waals surface area contributed by atoms with Crippen LogP contribution in [0.4, 0.5) is 11.4 Å². The van der Waals surface area contributed by atoms with Gasteiger partial charge in [0.1, 0.15) is 5.69 Å². The molecule has 7 nitrogen and oxygen atoms in total. The van der Waals surface area contributed by atoms with E-state index in [2.05, 4.69) is 31.6 Å². The highest BCUT2D eigenvalue weighted by molar-refractivity contribution is 6.05. The first-order valence-corrected chi connectivity index (χ1v) is 9.76. The van der Waals surface area contributed by atoms with Gasteiger partial charge in [-0.05, 0) is 51.3 Å². The van der Waals surface area contributed by atoms with E-state index in [1.165, 1.54) is 19.3 Å². The minimum Gasteiger partial charge on any atom is -0.370 e. The van der Waals surface area contributed by atoms with Crippen LogP contribution in [-0.4, -0.2) is 39.0 Å². The van der Waals surface area contributed by atoms with Gasteiger partial charge in [-0.1, -0.05) is 12.1 Å². The molecule has 0 atom stereocenters. The Bertz CT molecular complexity index is 996. The van der Waals surface area contributed by atoms with Crippen LogP contribution in [0.1, 0.15) is 41.1 Å². The van der Waals surface area contributed by atoms with Crippen LogP contribution in [0.5, 0.6) is 0 Å². The molecule has 0 saturated carbocycles. The lowest BCUT2D eigenvalue weighted by atomic mass is 10.1. The van der Waals surface area contributed by atoms with E-state index in [-0.39, 0.29) is 5.91 Å². The number of carbonyl (C=O) groups excluding carboxylic acids is 1. The summed E-state index contributed by atoms with van der Waals surface area (Å²) >= 11 is 0. The fraction of sp³-hybridized carbons (Fsp3) is 0.381. The molecular formula is C21H26N6O. The van der Waals surface area contributed by atoms with E-state index in [0.29, 0.717) is 5.69 Å². The van der Waals surface area contributed by atoms with Gasteiger partial charge in [0, 0.05) is 31.4 Å². The number of anilines is 2. The fourth-order valence-electron chi connectivity index (χ4n) is 3.89. The highest BCUT2D eigenvalue weighted by Gasteiger charge is 2.19. The molecule has 3 aromatic rings. The fourth-order valence-corrected chi connectivity index (χ4v) is 3.89. The molecule has 0 aliphatic carbocycles. The third-order valence-electron chi connectivity index (χ3n) is 5.44. The summed E-state index contributed by atoms with van der Waals surface area (Å²) in [5.74, 6) is -0.192. The Kier molecular flexibility index (Phi) is 4.90. The number of aromatic amines is 1. The van der Waals surface area contributed by atoms with Crippen molar-refractivity contribution in [1.82, 2.24) is 20.0 Å². The predicted octanol–water partition coefficient (Wildman–Crippen LogP) is 3.67. The summed E-state index contributed by atoms with van der Waals surface area (Å²) in [6.45, 7) is 6.01. The summed E-state index contributed by atoms with van der Waals surface area (Å²) in [6, 6.07) is 9.78. The Balaban J connectivity index is 1.56. The van der Waals surface area contributed by atoms with E-state index < -0.39 is 0 Å². The van der Waals surface area contributed by atoms with Crippen LogP contribution in [0, 0.1) is 13.8 Å². The molecule has 1 aliphatic rings. The van der Waals surface area contributed by atoms with E-state index in [9.17, 15) is 4.79 Å². The van der Waals surface area contributed by atoms with Crippen LogP contribution in [-0.2, 0) is 7.05 Å². The molecule has 0 unspecified atom stereocenters. The zero-order valence-electron chi connectivity index (χ0n) is 16.6. The second kappa shape index (κ2) is 7.50. The Morgan fingerprint density at radius 2 is 1.89 bits per heavy atom. The van der Waals surface area contributed by atoms with Gasteiger partial charge < -0.3 is 10.2 Å². The lowest BCUT2D eigenvalue weighted by molar-refractivity contribution is 0.102. The molecule has 1 aromatic carbocycles. The molecule has 3 heterocycles. The number of nitrogens with zero attached hydrogens (tertiary/aromatic N) is 4. The van der Waals surface area contributed by atoms with Crippen molar-refractivity contribution < 1.29 is 4.79 Å². The van der Waals surface area contributed by atoms with Crippen LogP contribution in [0.3, 0.4) is 0 Å². The molecule has 1 saturated heterocycles. The average Bonchev–Trinajstić information content (AvgIpc) is 3.27. The summed E-state index contributed by atoms with van der Waals surface area (Å²) in [6.07, 6.45) is 3.65. The first kappa shape index (κ1) is 18.3. The Morgan fingerprint density at radius 1 is 1.14 bits per heavy atom. The van der Waals surface area contributed by atoms with Crippen molar-refractivity contribution in [2.75, 3.05) is 23.3 Å². The van der Waals surface area contributed by atoms with Crippen molar-refractivity contribution >= 4 is 17.3 Å². The third kappa shape index (κ3) is 3.40. The number of H-pyrrole nitrogens is 1. The number of aromatic nitrogens is 4. The van der Waals surface area contributed by atoms with Crippen molar-refractivity contribution in [3.8, 4) is 11.3 Å². The summed E-state index contributed by atoms with van der Waals surface area (Å²) in [5, 5.41) is 14.7. The van der Waals surface area contributed by atoms with Crippen LogP contribution >= 0.6 is 0 Å². The topological polar surface area (TPSA) is 78.8 Å². The van der Waals surface area contributed by atoms with Gasteiger partial charge in [-0.2, -0.15) is 10.2 Å².